The highest BCUT2D eigenvalue weighted by molar-refractivity contribution is 6.30. The van der Waals surface area contributed by atoms with Crippen LogP contribution >= 0.6 is 11.6 Å². The highest BCUT2D eigenvalue weighted by Gasteiger charge is 2.10. The Morgan fingerprint density at radius 2 is 1.80 bits per heavy atom. The van der Waals surface area contributed by atoms with Crippen LogP contribution in [0.4, 0.5) is 8.78 Å². The van der Waals surface area contributed by atoms with E-state index < -0.39 is 11.6 Å². The summed E-state index contributed by atoms with van der Waals surface area (Å²) in [4.78, 5) is 3.76. The van der Waals surface area contributed by atoms with Crippen LogP contribution in [0.1, 0.15) is 0 Å². The fourth-order valence-corrected chi connectivity index (χ4v) is 1.41. The number of rotatable bonds is 1. The number of nitrogens with zero attached hydrogens (tertiary/aromatic N) is 1. The summed E-state index contributed by atoms with van der Waals surface area (Å²) < 4.78 is 26.7. The minimum Gasteiger partial charge on any atom is -0.252 e. The molecule has 15 heavy (non-hydrogen) atoms. The van der Waals surface area contributed by atoms with Crippen molar-refractivity contribution in [3.05, 3.63) is 53.2 Å². The summed E-state index contributed by atoms with van der Waals surface area (Å²) in [7, 11) is 0. The van der Waals surface area contributed by atoms with Crippen molar-refractivity contribution >= 4 is 11.6 Å². The third kappa shape index (κ3) is 1.97. The molecule has 0 saturated carbocycles. The number of pyridine rings is 1. The molecule has 0 bridgehead atoms. The van der Waals surface area contributed by atoms with Crippen molar-refractivity contribution in [1.82, 2.24) is 4.98 Å². The second-order valence-electron chi connectivity index (χ2n) is 2.96. The summed E-state index contributed by atoms with van der Waals surface area (Å²) in [6, 6.07) is 6.98. The van der Waals surface area contributed by atoms with Crippen LogP contribution in [0, 0.1) is 11.6 Å². The van der Waals surface area contributed by atoms with Crippen LogP contribution < -0.4 is 0 Å². The van der Waals surface area contributed by atoms with E-state index in [1.165, 1.54) is 24.4 Å². The van der Waals surface area contributed by atoms with Crippen molar-refractivity contribution in [3.63, 3.8) is 0 Å². The Morgan fingerprint density at radius 3 is 2.47 bits per heavy atom. The third-order valence-corrected chi connectivity index (χ3v) is 2.14. The first kappa shape index (κ1) is 10.1. The predicted molar refractivity (Wildman–Crippen MR) is 54.6 cm³/mol. The van der Waals surface area contributed by atoms with Gasteiger partial charge in [0.25, 0.3) is 0 Å². The van der Waals surface area contributed by atoms with E-state index in [9.17, 15) is 8.78 Å². The van der Waals surface area contributed by atoms with E-state index >= 15 is 0 Å². The molecule has 76 valence electrons. The molecule has 0 spiro atoms. The molecule has 1 aromatic carbocycles. The highest BCUT2D eigenvalue weighted by Crippen LogP contribution is 2.24. The molecule has 4 heteroatoms. The zero-order valence-corrected chi connectivity index (χ0v) is 8.30. The second-order valence-corrected chi connectivity index (χ2v) is 3.40. The lowest BCUT2D eigenvalue weighted by atomic mass is 10.1. The normalized spacial score (nSPS) is 10.3. The number of benzene rings is 1. The molecule has 0 aliphatic heterocycles. The molecule has 0 saturated heterocycles. The van der Waals surface area contributed by atoms with Gasteiger partial charge in [-0.15, -0.1) is 0 Å². The van der Waals surface area contributed by atoms with Gasteiger partial charge in [0.1, 0.15) is 11.5 Å². The molecule has 2 aromatic rings. The number of aromatic nitrogens is 1. The van der Waals surface area contributed by atoms with Gasteiger partial charge in [-0.05, 0) is 18.2 Å². The molecule has 0 fully saturated rings. The first-order chi connectivity index (χ1) is 7.18. The number of hydrogen-bond acceptors (Lipinski definition) is 1. The lowest BCUT2D eigenvalue weighted by molar-refractivity contribution is 0.611. The van der Waals surface area contributed by atoms with Crippen molar-refractivity contribution < 1.29 is 8.78 Å². The van der Waals surface area contributed by atoms with Crippen molar-refractivity contribution in [2.75, 3.05) is 0 Å². The molecule has 0 radical (unpaired) electrons. The van der Waals surface area contributed by atoms with Crippen LogP contribution in [0.25, 0.3) is 11.3 Å². The quantitative estimate of drug-likeness (QED) is 0.722. The maximum absolute atomic E-state index is 13.4. The maximum Gasteiger partial charge on any atom is 0.151 e. The van der Waals surface area contributed by atoms with Gasteiger partial charge in [0.05, 0.1) is 5.02 Å². The van der Waals surface area contributed by atoms with E-state index in [-0.39, 0.29) is 16.3 Å². The fourth-order valence-electron chi connectivity index (χ4n) is 1.27. The maximum atomic E-state index is 13.4. The zero-order valence-electron chi connectivity index (χ0n) is 7.55. The molecule has 2 rings (SSSR count). The number of hydrogen-bond donors (Lipinski definition) is 0. The minimum absolute atomic E-state index is 0.0301. The third-order valence-electron chi connectivity index (χ3n) is 1.94. The molecule has 1 heterocycles. The Kier molecular flexibility index (Phi) is 2.64. The van der Waals surface area contributed by atoms with Gasteiger partial charge < -0.3 is 0 Å². The van der Waals surface area contributed by atoms with E-state index in [4.69, 9.17) is 11.6 Å². The van der Waals surface area contributed by atoms with Crippen LogP contribution in [0.3, 0.4) is 0 Å². The SMILES string of the molecule is Fc1ccccc1-c1ncc(Cl)cc1F. The van der Waals surface area contributed by atoms with Gasteiger partial charge in [-0.1, -0.05) is 23.7 Å². The van der Waals surface area contributed by atoms with E-state index in [0.29, 0.717) is 0 Å². The Labute approximate surface area is 90.3 Å². The Hall–Kier alpha value is -1.48. The van der Waals surface area contributed by atoms with Gasteiger partial charge in [-0.3, -0.25) is 4.98 Å². The van der Waals surface area contributed by atoms with Crippen LogP contribution in [0.2, 0.25) is 5.02 Å². The van der Waals surface area contributed by atoms with Gasteiger partial charge >= 0.3 is 0 Å². The summed E-state index contributed by atoms with van der Waals surface area (Å²) in [5, 5.41) is 0.188. The van der Waals surface area contributed by atoms with Crippen molar-refractivity contribution in [3.8, 4) is 11.3 Å². The molecular weight excluding hydrogens is 220 g/mol. The smallest absolute Gasteiger partial charge is 0.151 e. The topological polar surface area (TPSA) is 12.9 Å². The molecule has 1 nitrogen and oxygen atoms in total. The summed E-state index contributed by atoms with van der Waals surface area (Å²) in [5.41, 5.74) is 0.101. The van der Waals surface area contributed by atoms with Gasteiger partial charge in [0, 0.05) is 11.8 Å². The van der Waals surface area contributed by atoms with Gasteiger partial charge in [0.2, 0.25) is 0 Å². The molecule has 1 aromatic heterocycles. The first-order valence-corrected chi connectivity index (χ1v) is 4.62. The lowest BCUT2D eigenvalue weighted by Crippen LogP contribution is -1.91. The summed E-state index contributed by atoms with van der Waals surface area (Å²) >= 11 is 5.55. The van der Waals surface area contributed by atoms with E-state index in [1.54, 1.807) is 6.07 Å². The van der Waals surface area contributed by atoms with E-state index in [0.717, 1.165) is 6.07 Å². The summed E-state index contributed by atoms with van der Waals surface area (Å²) in [5.74, 6) is -1.14. The minimum atomic E-state index is -0.632. The predicted octanol–water partition coefficient (Wildman–Crippen LogP) is 3.68. The van der Waals surface area contributed by atoms with Gasteiger partial charge in [-0.2, -0.15) is 0 Å². The zero-order chi connectivity index (χ0) is 10.8. The van der Waals surface area contributed by atoms with E-state index in [2.05, 4.69) is 4.98 Å². The largest absolute Gasteiger partial charge is 0.252 e. The van der Waals surface area contributed by atoms with Crippen LogP contribution in [0.15, 0.2) is 36.5 Å². The summed E-state index contributed by atoms with van der Waals surface area (Å²) in [6.07, 6.45) is 1.28. The summed E-state index contributed by atoms with van der Waals surface area (Å²) in [6.45, 7) is 0. The van der Waals surface area contributed by atoms with Crippen LogP contribution in [0.5, 0.6) is 0 Å². The Bertz CT molecular complexity index is 500. The standard InChI is InChI=1S/C11H6ClF2N/c12-7-5-10(14)11(15-6-7)8-3-1-2-4-9(8)13/h1-6H. The molecule has 0 atom stereocenters. The van der Waals surface area contributed by atoms with Crippen molar-refractivity contribution in [2.45, 2.75) is 0 Å². The highest BCUT2D eigenvalue weighted by atomic mass is 35.5. The Balaban J connectivity index is 2.60. The van der Waals surface area contributed by atoms with Gasteiger partial charge in [0.15, 0.2) is 5.82 Å². The average molecular weight is 226 g/mol. The van der Waals surface area contributed by atoms with Gasteiger partial charge in [-0.25, -0.2) is 8.78 Å². The molecule has 0 unspecified atom stereocenters. The average Bonchev–Trinajstić information content (AvgIpc) is 2.20. The number of halogens is 3. The fraction of sp³-hybridized carbons (Fsp3) is 0. The monoisotopic (exact) mass is 225 g/mol. The van der Waals surface area contributed by atoms with Crippen molar-refractivity contribution in [2.24, 2.45) is 0 Å². The van der Waals surface area contributed by atoms with E-state index in [1.807, 2.05) is 0 Å². The van der Waals surface area contributed by atoms with Crippen LogP contribution in [-0.4, -0.2) is 4.98 Å². The lowest BCUT2D eigenvalue weighted by Gasteiger charge is -2.03. The van der Waals surface area contributed by atoms with Crippen molar-refractivity contribution in [1.29, 1.82) is 0 Å². The second kappa shape index (κ2) is 3.95. The Morgan fingerprint density at radius 1 is 1.07 bits per heavy atom. The van der Waals surface area contributed by atoms with Crippen LogP contribution in [-0.2, 0) is 0 Å². The molecule has 0 aliphatic rings. The molecular formula is C11H6ClF2N. The molecule has 0 aliphatic carbocycles. The molecule has 0 N–H and O–H groups in total. The first-order valence-electron chi connectivity index (χ1n) is 4.24. The molecule has 0 amide bonds.